The van der Waals surface area contributed by atoms with Crippen molar-refractivity contribution in [2.45, 2.75) is 45.1 Å². The molecule has 1 aliphatic heterocycles. The van der Waals surface area contributed by atoms with Crippen molar-refractivity contribution in [1.82, 2.24) is 14.7 Å². The molecule has 2 aliphatic rings. The highest BCUT2D eigenvalue weighted by Crippen LogP contribution is 2.33. The molecule has 1 N–H and O–H groups in total. The van der Waals surface area contributed by atoms with Gasteiger partial charge in [0, 0.05) is 30.5 Å². The molecular weight excluding hydrogens is 244 g/mol. The number of aryl methyl sites for hydroxylation is 1. The van der Waals surface area contributed by atoms with Crippen LogP contribution in [-0.2, 0) is 6.42 Å². The average molecular weight is 266 g/mol. The highest BCUT2D eigenvalue weighted by Gasteiger charge is 2.33. The summed E-state index contributed by atoms with van der Waals surface area (Å²) in [7, 11) is 0. The third kappa shape index (κ3) is 2.83. The maximum atomic E-state index is 4.67. The van der Waals surface area contributed by atoms with Gasteiger partial charge in [0.1, 0.15) is 5.82 Å². The van der Waals surface area contributed by atoms with Crippen LogP contribution < -0.4 is 10.2 Å². The van der Waals surface area contributed by atoms with Crippen molar-refractivity contribution in [1.29, 1.82) is 0 Å². The summed E-state index contributed by atoms with van der Waals surface area (Å²) >= 11 is 1.58. The molecule has 0 radical (unpaired) electrons. The largest absolute Gasteiger partial charge is 0.344 e. The van der Waals surface area contributed by atoms with E-state index in [0.29, 0.717) is 0 Å². The molecule has 1 atom stereocenters. The van der Waals surface area contributed by atoms with E-state index in [-0.39, 0.29) is 0 Å². The first-order chi connectivity index (χ1) is 8.86. The van der Waals surface area contributed by atoms with Crippen LogP contribution >= 0.6 is 11.5 Å². The summed E-state index contributed by atoms with van der Waals surface area (Å²) in [6.45, 7) is 5.65. The van der Waals surface area contributed by atoms with Crippen LogP contribution in [0, 0.1) is 5.92 Å². The molecule has 1 unspecified atom stereocenters. The van der Waals surface area contributed by atoms with Gasteiger partial charge >= 0.3 is 0 Å². The average Bonchev–Trinajstić information content (AvgIpc) is 3.14. The van der Waals surface area contributed by atoms with Crippen molar-refractivity contribution in [2.75, 3.05) is 24.5 Å². The monoisotopic (exact) mass is 266 g/mol. The predicted octanol–water partition coefficient (Wildman–Crippen LogP) is 2.07. The Bertz CT molecular complexity index is 382. The van der Waals surface area contributed by atoms with E-state index in [9.17, 15) is 0 Å². The maximum Gasteiger partial charge on any atom is 0.205 e. The van der Waals surface area contributed by atoms with Gasteiger partial charge in [-0.15, -0.1) is 0 Å². The molecule has 4 nitrogen and oxygen atoms in total. The van der Waals surface area contributed by atoms with Crippen LogP contribution in [0.5, 0.6) is 0 Å². The highest BCUT2D eigenvalue weighted by molar-refractivity contribution is 7.09. The summed E-state index contributed by atoms with van der Waals surface area (Å²) < 4.78 is 4.43. The zero-order chi connectivity index (χ0) is 12.4. The lowest BCUT2D eigenvalue weighted by Crippen LogP contribution is -2.39. The maximum absolute atomic E-state index is 4.67. The van der Waals surface area contributed by atoms with Crippen molar-refractivity contribution >= 4 is 16.7 Å². The van der Waals surface area contributed by atoms with Crippen molar-refractivity contribution in [3.8, 4) is 0 Å². The molecular formula is C13H22N4S. The van der Waals surface area contributed by atoms with Crippen molar-refractivity contribution in [2.24, 2.45) is 5.92 Å². The summed E-state index contributed by atoms with van der Waals surface area (Å²) in [6, 6.07) is 0.740. The lowest BCUT2D eigenvalue weighted by molar-refractivity contribution is 0.376. The van der Waals surface area contributed by atoms with Crippen LogP contribution in [0.15, 0.2) is 0 Å². The van der Waals surface area contributed by atoms with Crippen molar-refractivity contribution < 1.29 is 0 Å². The number of nitrogens with one attached hydrogen (secondary N) is 1. The third-order valence-electron chi connectivity index (χ3n) is 3.86. The Morgan fingerprint density at radius 1 is 1.39 bits per heavy atom. The van der Waals surface area contributed by atoms with Crippen LogP contribution in [-0.4, -0.2) is 35.0 Å². The third-order valence-corrected chi connectivity index (χ3v) is 4.65. The van der Waals surface area contributed by atoms with Gasteiger partial charge in [-0.05, 0) is 44.7 Å². The fraction of sp³-hybridized carbons (Fsp3) is 0.846. The van der Waals surface area contributed by atoms with E-state index in [1.165, 1.54) is 38.8 Å². The summed E-state index contributed by atoms with van der Waals surface area (Å²) in [5.74, 6) is 1.79. The van der Waals surface area contributed by atoms with E-state index < -0.39 is 0 Å². The molecule has 3 rings (SSSR count). The number of hydrogen-bond donors (Lipinski definition) is 1. The molecule has 1 aromatic heterocycles. The van der Waals surface area contributed by atoms with Crippen LogP contribution in [0.25, 0.3) is 0 Å². The second-order valence-electron chi connectivity index (χ2n) is 5.44. The smallest absolute Gasteiger partial charge is 0.205 e. The Kier molecular flexibility index (Phi) is 3.80. The van der Waals surface area contributed by atoms with Gasteiger partial charge in [-0.1, -0.05) is 6.92 Å². The van der Waals surface area contributed by atoms with Gasteiger partial charge in [0.15, 0.2) is 0 Å². The Balaban J connectivity index is 1.67. The minimum atomic E-state index is 0.740. The fourth-order valence-corrected chi connectivity index (χ4v) is 3.46. The number of aromatic nitrogens is 2. The Hall–Kier alpha value is -0.680. The van der Waals surface area contributed by atoms with Crippen molar-refractivity contribution in [3.05, 3.63) is 5.82 Å². The van der Waals surface area contributed by atoms with Crippen LogP contribution in [0.2, 0.25) is 0 Å². The summed E-state index contributed by atoms with van der Waals surface area (Å²) in [4.78, 5) is 7.19. The van der Waals surface area contributed by atoms with E-state index >= 15 is 0 Å². The molecule has 1 aliphatic carbocycles. The first kappa shape index (κ1) is 12.4. The highest BCUT2D eigenvalue weighted by atomic mass is 32.1. The van der Waals surface area contributed by atoms with Crippen LogP contribution in [0.1, 0.15) is 38.4 Å². The molecule has 0 spiro atoms. The number of hydrogen-bond acceptors (Lipinski definition) is 5. The molecule has 2 fully saturated rings. The SMILES string of the molecule is CCc1nsc(N(CC2CCCNC2)C2CC2)n1. The summed E-state index contributed by atoms with van der Waals surface area (Å²) in [5.41, 5.74) is 0. The Morgan fingerprint density at radius 2 is 2.28 bits per heavy atom. The standard InChI is InChI=1S/C13H22N4S/c1-2-12-15-13(18-16-12)17(11-5-6-11)9-10-4-3-7-14-8-10/h10-11,14H,2-9H2,1H3. The van der Waals surface area contributed by atoms with Gasteiger partial charge in [-0.3, -0.25) is 0 Å². The predicted molar refractivity (Wildman–Crippen MR) is 75.2 cm³/mol. The van der Waals surface area contributed by atoms with Gasteiger partial charge < -0.3 is 10.2 Å². The molecule has 0 amide bonds. The van der Waals surface area contributed by atoms with Gasteiger partial charge in [0.2, 0.25) is 5.13 Å². The second-order valence-corrected chi connectivity index (χ2v) is 6.17. The molecule has 18 heavy (non-hydrogen) atoms. The Labute approximate surface area is 113 Å². The molecule has 0 aromatic carbocycles. The number of rotatable bonds is 5. The van der Waals surface area contributed by atoms with Crippen LogP contribution in [0.3, 0.4) is 0 Å². The topological polar surface area (TPSA) is 41.1 Å². The van der Waals surface area contributed by atoms with E-state index in [0.717, 1.165) is 35.9 Å². The van der Waals surface area contributed by atoms with Gasteiger partial charge in [-0.2, -0.15) is 4.37 Å². The molecule has 5 heteroatoms. The number of piperidine rings is 1. The lowest BCUT2D eigenvalue weighted by atomic mass is 9.99. The summed E-state index contributed by atoms with van der Waals surface area (Å²) in [6.07, 6.45) is 6.29. The van der Waals surface area contributed by atoms with Gasteiger partial charge in [-0.25, -0.2) is 4.98 Å². The fourth-order valence-electron chi connectivity index (χ4n) is 2.63. The minimum absolute atomic E-state index is 0.740. The number of anilines is 1. The first-order valence-electron chi connectivity index (χ1n) is 7.16. The second kappa shape index (κ2) is 5.53. The van der Waals surface area contributed by atoms with Gasteiger partial charge in [0.25, 0.3) is 0 Å². The first-order valence-corrected chi connectivity index (χ1v) is 7.94. The lowest BCUT2D eigenvalue weighted by Gasteiger charge is -2.29. The molecule has 2 heterocycles. The minimum Gasteiger partial charge on any atom is -0.344 e. The zero-order valence-electron chi connectivity index (χ0n) is 11.1. The molecule has 1 saturated heterocycles. The number of nitrogens with zero attached hydrogens (tertiary/aromatic N) is 3. The van der Waals surface area contributed by atoms with E-state index in [1.54, 1.807) is 11.5 Å². The van der Waals surface area contributed by atoms with E-state index in [4.69, 9.17) is 0 Å². The Morgan fingerprint density at radius 3 is 2.89 bits per heavy atom. The van der Waals surface area contributed by atoms with Crippen LogP contribution in [0.4, 0.5) is 5.13 Å². The van der Waals surface area contributed by atoms with E-state index in [2.05, 4.69) is 26.5 Å². The molecule has 100 valence electrons. The van der Waals surface area contributed by atoms with Crippen molar-refractivity contribution in [3.63, 3.8) is 0 Å². The zero-order valence-corrected chi connectivity index (χ0v) is 11.9. The summed E-state index contributed by atoms with van der Waals surface area (Å²) in [5, 5.41) is 4.66. The quantitative estimate of drug-likeness (QED) is 0.886. The van der Waals surface area contributed by atoms with E-state index in [1.807, 2.05) is 0 Å². The normalized spacial score (nSPS) is 24.2. The van der Waals surface area contributed by atoms with Gasteiger partial charge in [0.05, 0.1) is 0 Å². The molecule has 1 saturated carbocycles. The molecule has 0 bridgehead atoms. The molecule has 1 aromatic rings.